The number of nitrogens with two attached hydrogens (primary N) is 1. The number of carbonyl (C=O) groups is 2. The third kappa shape index (κ3) is 12.2. The smallest absolute Gasteiger partial charge is 0.405 e. The molecule has 0 aliphatic rings. The number of primary amides is 1. The summed E-state index contributed by atoms with van der Waals surface area (Å²) in [5.41, 5.74) is 6.26. The molecule has 0 fully saturated rings. The van der Waals surface area contributed by atoms with Crippen molar-refractivity contribution < 1.29 is 29.3 Å². The van der Waals surface area contributed by atoms with Gasteiger partial charge in [0, 0.05) is 6.42 Å². The van der Waals surface area contributed by atoms with Gasteiger partial charge in [0.1, 0.15) is 18.5 Å². The molecule has 3 atom stereocenters. The van der Waals surface area contributed by atoms with Crippen LogP contribution in [0.15, 0.2) is 84.9 Å². The molecule has 5 N–H and O–H groups in total. The average molecular weight is 619 g/mol. The average Bonchev–Trinajstić information content (AvgIpc) is 3.06. The summed E-state index contributed by atoms with van der Waals surface area (Å²) in [6.07, 6.45) is 7.84. The van der Waals surface area contributed by atoms with Gasteiger partial charge < -0.3 is 30.7 Å². The minimum atomic E-state index is -1.64. The zero-order valence-electron chi connectivity index (χ0n) is 26.5. The van der Waals surface area contributed by atoms with Crippen molar-refractivity contribution in [2.24, 2.45) is 5.73 Å². The zero-order valence-corrected chi connectivity index (χ0v) is 26.5. The summed E-state index contributed by atoms with van der Waals surface area (Å²) in [5.74, 6) is 0.0537. The van der Waals surface area contributed by atoms with E-state index in [-0.39, 0.29) is 12.8 Å². The van der Waals surface area contributed by atoms with E-state index in [0.717, 1.165) is 30.4 Å². The molecule has 0 saturated carbocycles. The van der Waals surface area contributed by atoms with Crippen LogP contribution in [0.4, 0.5) is 4.79 Å². The van der Waals surface area contributed by atoms with E-state index < -0.39 is 36.4 Å². The monoisotopic (exact) mass is 618 g/mol. The maximum Gasteiger partial charge on any atom is 0.405 e. The van der Waals surface area contributed by atoms with Gasteiger partial charge in [-0.2, -0.15) is 0 Å². The number of carbonyl (C=O) groups excluding carboxylic acids is 2. The lowest BCUT2D eigenvalue weighted by Crippen LogP contribution is -2.56. The number of ether oxygens (including phenoxy) is 2. The third-order valence-electron chi connectivity index (χ3n) is 8.09. The summed E-state index contributed by atoms with van der Waals surface area (Å²) in [5, 5.41) is 23.9. The molecule has 0 aliphatic carbocycles. The summed E-state index contributed by atoms with van der Waals surface area (Å²) in [6.45, 7) is 2.11. The SMILES string of the molecule is CCCCCCCCCCCC(Cc1ccc(OCc2ccccc2)cc1)(OC(N)=O)C(=O)NC(CO)C(O)c1ccccc1. The highest BCUT2D eigenvalue weighted by molar-refractivity contribution is 5.88. The van der Waals surface area contributed by atoms with E-state index in [4.69, 9.17) is 15.2 Å². The van der Waals surface area contributed by atoms with E-state index in [9.17, 15) is 19.8 Å². The van der Waals surface area contributed by atoms with Crippen molar-refractivity contribution in [1.82, 2.24) is 5.32 Å². The molecule has 8 heteroatoms. The number of amides is 2. The lowest BCUT2D eigenvalue weighted by molar-refractivity contribution is -0.143. The Morgan fingerprint density at radius 1 is 0.800 bits per heavy atom. The van der Waals surface area contributed by atoms with Crippen molar-refractivity contribution in [3.05, 3.63) is 102 Å². The first-order valence-electron chi connectivity index (χ1n) is 16.3. The highest BCUT2D eigenvalue weighted by Crippen LogP contribution is 2.29. The largest absolute Gasteiger partial charge is 0.489 e. The Labute approximate surface area is 268 Å². The second-order valence-corrected chi connectivity index (χ2v) is 11.7. The third-order valence-corrected chi connectivity index (χ3v) is 8.09. The normalized spacial score (nSPS) is 13.8. The van der Waals surface area contributed by atoms with Crippen LogP contribution in [-0.2, 0) is 22.6 Å². The Morgan fingerprint density at radius 3 is 1.96 bits per heavy atom. The molecule has 3 aromatic rings. The van der Waals surface area contributed by atoms with Crippen LogP contribution >= 0.6 is 0 Å². The minimum Gasteiger partial charge on any atom is -0.489 e. The first kappa shape index (κ1) is 35.6. The molecular weight excluding hydrogens is 568 g/mol. The molecule has 3 aromatic carbocycles. The molecule has 0 bridgehead atoms. The minimum absolute atomic E-state index is 0.0668. The Bertz CT molecular complexity index is 1250. The van der Waals surface area contributed by atoms with Crippen LogP contribution in [0.2, 0.25) is 0 Å². The van der Waals surface area contributed by atoms with Crippen molar-refractivity contribution in [3.8, 4) is 5.75 Å². The Hall–Kier alpha value is -3.88. The molecule has 0 radical (unpaired) electrons. The van der Waals surface area contributed by atoms with Crippen LogP contribution in [0.3, 0.4) is 0 Å². The van der Waals surface area contributed by atoms with Gasteiger partial charge in [0.05, 0.1) is 12.6 Å². The quantitative estimate of drug-likeness (QED) is 0.0975. The van der Waals surface area contributed by atoms with E-state index in [0.29, 0.717) is 24.3 Å². The highest BCUT2D eigenvalue weighted by atomic mass is 16.6. The van der Waals surface area contributed by atoms with Gasteiger partial charge in [0.15, 0.2) is 5.60 Å². The van der Waals surface area contributed by atoms with Crippen molar-refractivity contribution >= 4 is 12.0 Å². The van der Waals surface area contributed by atoms with Crippen LogP contribution < -0.4 is 15.8 Å². The van der Waals surface area contributed by atoms with Crippen molar-refractivity contribution in [2.45, 2.75) is 102 Å². The number of hydrogen-bond donors (Lipinski definition) is 4. The standard InChI is InChI=1S/C37H50N2O6/c1-2-3-4-5-6-7-8-9-16-25-37(45-36(38)43,35(42)39-33(27-40)34(41)31-19-14-11-15-20-31)26-29-21-23-32(24-22-29)44-28-30-17-12-10-13-18-30/h10-15,17-24,33-34,40-41H,2-9,16,25-28H2,1H3,(H2,38,43)(H,39,42). The van der Waals surface area contributed by atoms with Gasteiger partial charge in [-0.3, -0.25) is 4.79 Å². The summed E-state index contributed by atoms with van der Waals surface area (Å²) >= 11 is 0. The first-order chi connectivity index (χ1) is 21.9. The molecule has 244 valence electrons. The fraction of sp³-hybridized carbons (Fsp3) is 0.459. The summed E-state index contributed by atoms with van der Waals surface area (Å²) < 4.78 is 11.6. The summed E-state index contributed by atoms with van der Waals surface area (Å²) in [4.78, 5) is 26.3. The molecule has 8 nitrogen and oxygen atoms in total. The van der Waals surface area contributed by atoms with E-state index in [1.807, 2.05) is 60.7 Å². The van der Waals surface area contributed by atoms with Crippen LogP contribution in [0.1, 0.15) is 93.9 Å². The number of nitrogens with one attached hydrogen (secondary N) is 1. The maximum atomic E-state index is 14.0. The first-order valence-corrected chi connectivity index (χ1v) is 16.3. The van der Waals surface area contributed by atoms with E-state index in [1.54, 1.807) is 24.3 Å². The van der Waals surface area contributed by atoms with E-state index in [1.165, 1.54) is 32.1 Å². The molecule has 0 heterocycles. The molecule has 0 aromatic heterocycles. The fourth-order valence-corrected chi connectivity index (χ4v) is 5.51. The number of unbranched alkanes of at least 4 members (excludes halogenated alkanes) is 8. The Balaban J connectivity index is 1.75. The predicted octanol–water partition coefficient (Wildman–Crippen LogP) is 6.77. The van der Waals surface area contributed by atoms with Crippen LogP contribution in [-0.4, -0.2) is 40.5 Å². The van der Waals surface area contributed by atoms with Crippen molar-refractivity contribution in [1.29, 1.82) is 0 Å². The van der Waals surface area contributed by atoms with Gasteiger partial charge in [0.25, 0.3) is 5.91 Å². The van der Waals surface area contributed by atoms with Gasteiger partial charge in [-0.1, -0.05) is 131 Å². The second-order valence-electron chi connectivity index (χ2n) is 11.7. The molecule has 0 aliphatic heterocycles. The summed E-state index contributed by atoms with van der Waals surface area (Å²) in [7, 11) is 0. The maximum absolute atomic E-state index is 14.0. The number of benzene rings is 3. The number of aliphatic hydroxyl groups is 2. The molecule has 3 unspecified atom stereocenters. The van der Waals surface area contributed by atoms with Gasteiger partial charge in [-0.05, 0) is 41.7 Å². The van der Waals surface area contributed by atoms with Crippen molar-refractivity contribution in [2.75, 3.05) is 6.61 Å². The van der Waals surface area contributed by atoms with Crippen LogP contribution in [0.25, 0.3) is 0 Å². The highest BCUT2D eigenvalue weighted by Gasteiger charge is 2.43. The lowest BCUT2D eigenvalue weighted by atomic mass is 9.86. The van der Waals surface area contributed by atoms with Crippen LogP contribution in [0, 0.1) is 0 Å². The summed E-state index contributed by atoms with van der Waals surface area (Å²) in [6, 6.07) is 24.9. The number of aliphatic hydroxyl groups excluding tert-OH is 2. The van der Waals surface area contributed by atoms with Gasteiger partial charge in [-0.25, -0.2) is 4.79 Å². The Kier molecular flexibility index (Phi) is 15.4. The molecular formula is C37H50N2O6. The van der Waals surface area contributed by atoms with Crippen molar-refractivity contribution in [3.63, 3.8) is 0 Å². The Morgan fingerprint density at radius 2 is 1.38 bits per heavy atom. The van der Waals surface area contributed by atoms with Crippen LogP contribution in [0.5, 0.6) is 5.75 Å². The fourth-order valence-electron chi connectivity index (χ4n) is 5.51. The van der Waals surface area contributed by atoms with Gasteiger partial charge in [-0.15, -0.1) is 0 Å². The molecule has 2 amide bonds. The topological polar surface area (TPSA) is 131 Å². The zero-order chi connectivity index (χ0) is 32.3. The number of rotatable bonds is 21. The number of hydrogen-bond acceptors (Lipinski definition) is 6. The molecule has 3 rings (SSSR count). The van der Waals surface area contributed by atoms with Gasteiger partial charge in [0.2, 0.25) is 0 Å². The predicted molar refractivity (Wildman–Crippen MR) is 177 cm³/mol. The molecule has 0 saturated heterocycles. The van der Waals surface area contributed by atoms with Gasteiger partial charge >= 0.3 is 6.09 Å². The van der Waals surface area contributed by atoms with E-state index in [2.05, 4.69) is 12.2 Å². The second kappa shape index (κ2) is 19.5. The molecule has 45 heavy (non-hydrogen) atoms. The molecule has 0 spiro atoms. The van der Waals surface area contributed by atoms with E-state index >= 15 is 0 Å². The lowest BCUT2D eigenvalue weighted by Gasteiger charge is -2.34.